The molecular weight excluding hydrogens is 279 g/mol. The Bertz CT molecular complexity index is 545. The minimum atomic E-state index is -5.34. The second-order valence-corrected chi connectivity index (χ2v) is 7.27. The zero-order valence-electron chi connectivity index (χ0n) is 10.9. The maximum Gasteiger partial charge on any atom is 0.501 e. The summed E-state index contributed by atoms with van der Waals surface area (Å²) >= 11 is 0. The number of sulfone groups is 1. The third kappa shape index (κ3) is 3.86. The first-order valence-corrected chi connectivity index (χ1v) is 7.08. The summed E-state index contributed by atoms with van der Waals surface area (Å²) < 4.78 is 60.5. The van der Waals surface area contributed by atoms with Crippen LogP contribution in [-0.4, -0.2) is 20.5 Å². The molecule has 19 heavy (non-hydrogen) atoms. The van der Waals surface area contributed by atoms with Gasteiger partial charge in [0.2, 0.25) is 0 Å². The van der Waals surface area contributed by atoms with Crippen LogP contribution in [0.15, 0.2) is 29.2 Å². The minimum absolute atomic E-state index is 0.0326. The molecule has 0 saturated carbocycles. The van der Waals surface area contributed by atoms with Gasteiger partial charge in [0, 0.05) is 6.54 Å². The van der Waals surface area contributed by atoms with Crippen molar-refractivity contribution in [3.63, 3.8) is 0 Å². The minimum Gasteiger partial charge on any atom is -0.383 e. The molecule has 0 radical (unpaired) electrons. The van der Waals surface area contributed by atoms with E-state index < -0.39 is 20.2 Å². The molecule has 7 heteroatoms. The predicted molar refractivity (Wildman–Crippen MR) is 67.6 cm³/mol. The molecule has 1 N–H and O–H groups in total. The molecule has 0 saturated heterocycles. The van der Waals surface area contributed by atoms with Gasteiger partial charge in [-0.15, -0.1) is 0 Å². The fourth-order valence-electron chi connectivity index (χ4n) is 1.33. The fraction of sp³-hybridized carbons (Fsp3) is 0.500. The van der Waals surface area contributed by atoms with Crippen LogP contribution in [-0.2, 0) is 9.84 Å². The van der Waals surface area contributed by atoms with Crippen LogP contribution in [0, 0.1) is 5.41 Å². The molecule has 0 fully saturated rings. The van der Waals surface area contributed by atoms with Gasteiger partial charge in [-0.1, -0.05) is 32.9 Å². The van der Waals surface area contributed by atoms with Gasteiger partial charge in [0.25, 0.3) is 9.84 Å². The molecule has 0 heterocycles. The summed E-state index contributed by atoms with van der Waals surface area (Å²) in [6, 6.07) is 5.03. The van der Waals surface area contributed by atoms with Crippen LogP contribution in [0.25, 0.3) is 0 Å². The average molecular weight is 295 g/mol. The smallest absolute Gasteiger partial charge is 0.383 e. The summed E-state index contributed by atoms with van der Waals surface area (Å²) in [6.07, 6.45) is 0. The molecular formula is C12H16F3NO2S. The molecule has 1 aromatic carbocycles. The van der Waals surface area contributed by atoms with E-state index in [1.807, 2.05) is 20.8 Å². The number of nitrogens with one attached hydrogen (secondary N) is 1. The van der Waals surface area contributed by atoms with Crippen molar-refractivity contribution < 1.29 is 21.6 Å². The molecule has 1 aromatic rings. The van der Waals surface area contributed by atoms with Crippen molar-refractivity contribution in [3.8, 4) is 0 Å². The SMILES string of the molecule is CC(C)(C)CNc1ccccc1S(=O)(=O)C(F)(F)F. The molecule has 0 aliphatic rings. The first-order chi connectivity index (χ1) is 8.45. The lowest BCUT2D eigenvalue weighted by molar-refractivity contribution is -0.0435. The van der Waals surface area contributed by atoms with Crippen molar-refractivity contribution in [2.75, 3.05) is 11.9 Å². The summed E-state index contributed by atoms with van der Waals surface area (Å²) in [6.45, 7) is 6.03. The van der Waals surface area contributed by atoms with Gasteiger partial charge in [0.15, 0.2) is 0 Å². The summed E-state index contributed by atoms with van der Waals surface area (Å²) in [4.78, 5) is -0.744. The molecule has 0 amide bonds. The highest BCUT2D eigenvalue weighted by Crippen LogP contribution is 2.34. The van der Waals surface area contributed by atoms with Crippen molar-refractivity contribution in [2.45, 2.75) is 31.2 Å². The van der Waals surface area contributed by atoms with E-state index in [1.54, 1.807) is 0 Å². The summed E-state index contributed by atoms with van der Waals surface area (Å²) in [5, 5.41) is 2.75. The average Bonchev–Trinajstić information content (AvgIpc) is 2.24. The standard InChI is InChI=1S/C12H16F3NO2S/c1-11(2,3)8-16-9-6-4-5-7-10(9)19(17,18)12(13,14)15/h4-7,16H,8H2,1-3H3. The van der Waals surface area contributed by atoms with Gasteiger partial charge in [-0.3, -0.25) is 0 Å². The Balaban J connectivity index is 3.18. The first kappa shape index (κ1) is 15.8. The molecule has 0 unspecified atom stereocenters. The van der Waals surface area contributed by atoms with Crippen molar-refractivity contribution >= 4 is 15.5 Å². The molecule has 0 bridgehead atoms. The molecule has 0 atom stereocenters. The fourth-order valence-corrected chi connectivity index (χ4v) is 2.27. The zero-order chi connectivity index (χ0) is 14.9. The predicted octanol–water partition coefficient (Wildman–Crippen LogP) is 3.44. The Hall–Kier alpha value is -1.24. The van der Waals surface area contributed by atoms with E-state index in [0.29, 0.717) is 6.54 Å². The van der Waals surface area contributed by atoms with Crippen molar-refractivity contribution in [1.82, 2.24) is 0 Å². The third-order valence-electron chi connectivity index (χ3n) is 2.29. The molecule has 108 valence electrons. The zero-order valence-corrected chi connectivity index (χ0v) is 11.7. The van der Waals surface area contributed by atoms with Gasteiger partial charge in [-0.25, -0.2) is 8.42 Å². The van der Waals surface area contributed by atoms with Crippen molar-refractivity contribution in [2.24, 2.45) is 5.41 Å². The van der Waals surface area contributed by atoms with E-state index >= 15 is 0 Å². The number of rotatable bonds is 3. The van der Waals surface area contributed by atoms with Gasteiger partial charge in [0.05, 0.1) is 10.6 Å². The van der Waals surface area contributed by atoms with Crippen LogP contribution in [0.2, 0.25) is 0 Å². The Morgan fingerprint density at radius 1 is 1.11 bits per heavy atom. The third-order valence-corrected chi connectivity index (χ3v) is 3.83. The maximum atomic E-state index is 12.6. The highest BCUT2D eigenvalue weighted by molar-refractivity contribution is 7.92. The molecule has 0 aliphatic carbocycles. The van der Waals surface area contributed by atoms with Gasteiger partial charge < -0.3 is 5.32 Å². The van der Waals surface area contributed by atoms with E-state index in [1.165, 1.54) is 18.2 Å². The highest BCUT2D eigenvalue weighted by atomic mass is 32.2. The van der Waals surface area contributed by atoms with Crippen LogP contribution in [0.3, 0.4) is 0 Å². The number of para-hydroxylation sites is 1. The van der Waals surface area contributed by atoms with E-state index in [-0.39, 0.29) is 11.1 Å². The van der Waals surface area contributed by atoms with Crippen LogP contribution >= 0.6 is 0 Å². The summed E-state index contributed by atoms with van der Waals surface area (Å²) in [5.74, 6) is 0. The second kappa shape index (κ2) is 5.03. The van der Waals surface area contributed by atoms with E-state index in [4.69, 9.17) is 0 Å². The van der Waals surface area contributed by atoms with Gasteiger partial charge >= 0.3 is 5.51 Å². The summed E-state index contributed by atoms with van der Waals surface area (Å²) in [5.41, 5.74) is -5.52. The highest BCUT2D eigenvalue weighted by Gasteiger charge is 2.47. The molecule has 0 spiro atoms. The number of benzene rings is 1. The van der Waals surface area contributed by atoms with Crippen molar-refractivity contribution in [1.29, 1.82) is 0 Å². The number of alkyl halides is 3. The summed E-state index contributed by atoms with van der Waals surface area (Å²) in [7, 11) is -5.34. The van der Waals surface area contributed by atoms with Crippen LogP contribution in [0.5, 0.6) is 0 Å². The van der Waals surface area contributed by atoms with E-state index in [0.717, 1.165) is 6.07 Å². The van der Waals surface area contributed by atoms with Crippen molar-refractivity contribution in [3.05, 3.63) is 24.3 Å². The quantitative estimate of drug-likeness (QED) is 0.929. The molecule has 1 rings (SSSR count). The number of anilines is 1. The monoisotopic (exact) mass is 295 g/mol. The van der Waals surface area contributed by atoms with E-state index in [2.05, 4.69) is 5.32 Å². The van der Waals surface area contributed by atoms with Crippen LogP contribution in [0.1, 0.15) is 20.8 Å². The Labute approximate surface area is 110 Å². The lowest BCUT2D eigenvalue weighted by Crippen LogP contribution is -2.25. The number of hydrogen-bond donors (Lipinski definition) is 1. The van der Waals surface area contributed by atoms with Crippen LogP contribution in [0.4, 0.5) is 18.9 Å². The Morgan fingerprint density at radius 2 is 1.63 bits per heavy atom. The Kier molecular flexibility index (Phi) is 4.19. The normalized spacial score (nSPS) is 13.4. The van der Waals surface area contributed by atoms with Crippen LogP contribution < -0.4 is 5.32 Å². The van der Waals surface area contributed by atoms with E-state index in [9.17, 15) is 21.6 Å². The van der Waals surface area contributed by atoms with Gasteiger partial charge in [-0.05, 0) is 17.5 Å². The van der Waals surface area contributed by atoms with Gasteiger partial charge in [0.1, 0.15) is 0 Å². The first-order valence-electron chi connectivity index (χ1n) is 5.59. The number of hydrogen-bond acceptors (Lipinski definition) is 3. The molecule has 0 aliphatic heterocycles. The lowest BCUT2D eigenvalue weighted by atomic mass is 9.97. The van der Waals surface area contributed by atoms with Gasteiger partial charge in [-0.2, -0.15) is 13.2 Å². The maximum absolute atomic E-state index is 12.6. The Morgan fingerprint density at radius 3 is 2.11 bits per heavy atom. The molecule has 0 aromatic heterocycles. The molecule has 3 nitrogen and oxygen atoms in total. The second-order valence-electron chi connectivity index (χ2n) is 5.36. The lowest BCUT2D eigenvalue weighted by Gasteiger charge is -2.21. The largest absolute Gasteiger partial charge is 0.501 e. The topological polar surface area (TPSA) is 46.2 Å². The number of halogens is 3.